The number of anilines is 1. The molecular weight excluding hydrogens is 532 g/mol. The molecule has 1 aromatic carbocycles. The molecule has 0 radical (unpaired) electrons. The molecule has 5 rings (SSSR count). The molecule has 1 unspecified atom stereocenters. The highest BCUT2D eigenvalue weighted by atomic mass is 32.1. The lowest BCUT2D eigenvalue weighted by Crippen LogP contribution is -2.29. The molecule has 1 fully saturated rings. The molecule has 1 aliphatic heterocycles. The first-order valence-corrected chi connectivity index (χ1v) is 13.4. The zero-order valence-corrected chi connectivity index (χ0v) is 23.8. The highest BCUT2D eigenvalue weighted by Gasteiger charge is 2.49. The molecule has 206 valence electrons. The average molecular weight is 561 g/mol. The molecule has 1 amide bonds. The number of hydrogen-bond acceptors (Lipinski definition) is 9. The van der Waals surface area contributed by atoms with E-state index < -0.39 is 23.5 Å². The number of pyridine rings is 1. The standard InChI is InChI=1S/C29H28N4O6S/c1-7-39-19-11-10-18(13-20(19)38-6)23-21(24(35)22-16(4)32-12-8-9-14(2)27(32)31-22)25(36)28(37)33(23)29-30-15(3)26(40-29)17(5)34/h8-13,23,35H,7H2,1-6H3. The number of rotatable bonds is 7. The van der Waals surface area contributed by atoms with Crippen molar-refractivity contribution in [2.75, 3.05) is 18.6 Å². The molecule has 1 N–H and O–H groups in total. The van der Waals surface area contributed by atoms with Gasteiger partial charge in [-0.3, -0.25) is 19.3 Å². The number of ketones is 2. The Morgan fingerprint density at radius 2 is 1.88 bits per heavy atom. The molecule has 1 saturated heterocycles. The smallest absolute Gasteiger partial charge is 0.301 e. The van der Waals surface area contributed by atoms with Crippen LogP contribution in [-0.2, 0) is 9.59 Å². The van der Waals surface area contributed by atoms with E-state index in [1.54, 1.807) is 32.0 Å². The number of ether oxygens (including phenoxy) is 2. The van der Waals surface area contributed by atoms with Gasteiger partial charge in [-0.25, -0.2) is 9.97 Å². The second kappa shape index (κ2) is 10.2. The number of aryl methyl sites for hydroxylation is 3. The molecule has 4 heterocycles. The Morgan fingerprint density at radius 3 is 2.50 bits per heavy atom. The van der Waals surface area contributed by atoms with Crippen molar-refractivity contribution in [2.45, 2.75) is 40.7 Å². The van der Waals surface area contributed by atoms with E-state index in [4.69, 9.17) is 9.47 Å². The van der Waals surface area contributed by atoms with Crippen molar-refractivity contribution in [3.63, 3.8) is 0 Å². The molecule has 0 aliphatic carbocycles. The molecule has 1 atom stereocenters. The Kier molecular flexibility index (Phi) is 6.92. The largest absolute Gasteiger partial charge is 0.505 e. The number of methoxy groups -OCH3 is 1. The first-order valence-electron chi connectivity index (χ1n) is 12.6. The zero-order valence-electron chi connectivity index (χ0n) is 22.9. The van der Waals surface area contributed by atoms with E-state index in [1.807, 2.05) is 36.6 Å². The van der Waals surface area contributed by atoms with Crippen LogP contribution in [0, 0.1) is 20.8 Å². The third-order valence-corrected chi connectivity index (χ3v) is 8.12. The van der Waals surface area contributed by atoms with Crippen molar-refractivity contribution in [1.29, 1.82) is 0 Å². The first-order chi connectivity index (χ1) is 19.1. The lowest BCUT2D eigenvalue weighted by atomic mass is 9.96. The van der Waals surface area contributed by atoms with E-state index in [9.17, 15) is 19.5 Å². The van der Waals surface area contributed by atoms with Gasteiger partial charge in [0.15, 0.2) is 28.2 Å². The summed E-state index contributed by atoms with van der Waals surface area (Å²) in [5, 5.41) is 11.8. The fourth-order valence-corrected chi connectivity index (χ4v) is 5.95. The van der Waals surface area contributed by atoms with Crippen LogP contribution in [0.5, 0.6) is 11.5 Å². The number of hydrogen-bond donors (Lipinski definition) is 1. The van der Waals surface area contributed by atoms with Crippen molar-refractivity contribution in [2.24, 2.45) is 0 Å². The SMILES string of the molecule is CCOc1ccc(C2C(=C(O)c3nc4c(C)cccn4c3C)C(=O)C(=O)N2c2nc(C)c(C(C)=O)s2)cc1OC. The van der Waals surface area contributed by atoms with Crippen LogP contribution in [0.15, 0.2) is 42.1 Å². The van der Waals surface area contributed by atoms with Crippen molar-refractivity contribution in [1.82, 2.24) is 14.4 Å². The van der Waals surface area contributed by atoms with Crippen LogP contribution in [0.3, 0.4) is 0 Å². The molecular formula is C29H28N4O6S. The quantitative estimate of drug-likeness (QED) is 0.146. The molecule has 0 saturated carbocycles. The van der Waals surface area contributed by atoms with Gasteiger partial charge in [0, 0.05) is 13.1 Å². The lowest BCUT2D eigenvalue weighted by molar-refractivity contribution is -0.132. The van der Waals surface area contributed by atoms with Crippen LogP contribution in [0.4, 0.5) is 5.13 Å². The van der Waals surface area contributed by atoms with E-state index >= 15 is 0 Å². The van der Waals surface area contributed by atoms with Crippen molar-refractivity contribution in [3.05, 3.63) is 75.2 Å². The van der Waals surface area contributed by atoms with Gasteiger partial charge in [-0.15, -0.1) is 0 Å². The number of aliphatic hydroxyl groups is 1. The number of Topliss-reactive ketones (excluding diaryl/α,β-unsaturated/α-hetero) is 2. The highest BCUT2D eigenvalue weighted by molar-refractivity contribution is 7.18. The number of carbonyl (C=O) groups is 3. The maximum absolute atomic E-state index is 13.6. The Labute approximate surface area is 234 Å². The van der Waals surface area contributed by atoms with E-state index in [-0.39, 0.29) is 22.2 Å². The first kappa shape index (κ1) is 27.1. The second-order valence-corrected chi connectivity index (χ2v) is 10.4. The topological polar surface area (TPSA) is 123 Å². The number of thiazole rings is 1. The molecule has 10 nitrogen and oxygen atoms in total. The van der Waals surface area contributed by atoms with Gasteiger partial charge in [0.1, 0.15) is 11.3 Å². The Morgan fingerprint density at radius 1 is 1.12 bits per heavy atom. The normalized spacial score (nSPS) is 16.6. The zero-order chi connectivity index (χ0) is 28.9. The van der Waals surface area contributed by atoms with Crippen LogP contribution < -0.4 is 14.4 Å². The third-order valence-electron chi connectivity index (χ3n) is 6.87. The number of aromatic nitrogens is 3. The van der Waals surface area contributed by atoms with Crippen LogP contribution >= 0.6 is 11.3 Å². The Bertz CT molecular complexity index is 1730. The second-order valence-electron chi connectivity index (χ2n) is 9.41. The van der Waals surface area contributed by atoms with Crippen molar-refractivity contribution >= 4 is 45.3 Å². The van der Waals surface area contributed by atoms with Gasteiger partial charge < -0.3 is 19.0 Å². The monoisotopic (exact) mass is 560 g/mol. The molecule has 11 heteroatoms. The molecule has 3 aromatic heterocycles. The van der Waals surface area contributed by atoms with Crippen molar-refractivity contribution in [3.8, 4) is 11.5 Å². The van der Waals surface area contributed by atoms with Crippen LogP contribution in [0.2, 0.25) is 0 Å². The van der Waals surface area contributed by atoms with E-state index in [0.29, 0.717) is 45.6 Å². The minimum absolute atomic E-state index is 0.141. The summed E-state index contributed by atoms with van der Waals surface area (Å²) in [6, 6.07) is 7.75. The highest BCUT2D eigenvalue weighted by Crippen LogP contribution is 2.45. The van der Waals surface area contributed by atoms with E-state index in [1.165, 1.54) is 18.9 Å². The predicted molar refractivity (Wildman–Crippen MR) is 150 cm³/mol. The summed E-state index contributed by atoms with van der Waals surface area (Å²) < 4.78 is 13.0. The fourth-order valence-electron chi connectivity index (χ4n) is 4.96. The van der Waals surface area contributed by atoms with Gasteiger partial charge in [-0.2, -0.15) is 0 Å². The minimum Gasteiger partial charge on any atom is -0.505 e. The molecule has 0 bridgehead atoms. The summed E-state index contributed by atoms with van der Waals surface area (Å²) in [7, 11) is 1.49. The summed E-state index contributed by atoms with van der Waals surface area (Å²) in [5.41, 5.74) is 3.09. The summed E-state index contributed by atoms with van der Waals surface area (Å²) >= 11 is 1.02. The van der Waals surface area contributed by atoms with Gasteiger partial charge in [0.2, 0.25) is 0 Å². The molecule has 0 spiro atoms. The van der Waals surface area contributed by atoms with Gasteiger partial charge >= 0.3 is 5.91 Å². The Hall–Kier alpha value is -4.51. The number of imidazole rings is 1. The molecule has 4 aromatic rings. The number of nitrogens with zero attached hydrogens (tertiary/aromatic N) is 4. The number of amides is 1. The predicted octanol–water partition coefficient (Wildman–Crippen LogP) is 4.95. The average Bonchev–Trinajstić information content (AvgIpc) is 3.56. The van der Waals surface area contributed by atoms with Crippen molar-refractivity contribution < 1.29 is 29.0 Å². The van der Waals surface area contributed by atoms with Gasteiger partial charge in [-0.1, -0.05) is 23.5 Å². The number of fused-ring (bicyclic) bond motifs is 1. The summed E-state index contributed by atoms with van der Waals surface area (Å²) in [5.74, 6) is -1.49. The van der Waals surface area contributed by atoms with Gasteiger partial charge in [0.25, 0.3) is 5.78 Å². The lowest BCUT2D eigenvalue weighted by Gasteiger charge is -2.23. The van der Waals surface area contributed by atoms with E-state index in [2.05, 4.69) is 9.97 Å². The van der Waals surface area contributed by atoms with E-state index in [0.717, 1.165) is 16.9 Å². The molecule has 40 heavy (non-hydrogen) atoms. The third kappa shape index (κ3) is 4.22. The minimum atomic E-state index is -1.07. The number of aliphatic hydroxyl groups excluding tert-OH is 1. The van der Waals surface area contributed by atoms with Crippen LogP contribution in [0.25, 0.3) is 11.4 Å². The molecule has 1 aliphatic rings. The van der Waals surface area contributed by atoms with Gasteiger partial charge in [-0.05, 0) is 57.0 Å². The summed E-state index contributed by atoms with van der Waals surface area (Å²) in [6.45, 7) is 9.02. The van der Waals surface area contributed by atoms with Gasteiger partial charge in [0.05, 0.1) is 41.6 Å². The van der Waals surface area contributed by atoms with Crippen LogP contribution in [-0.4, -0.2) is 50.7 Å². The maximum atomic E-state index is 13.6. The summed E-state index contributed by atoms with van der Waals surface area (Å²) in [6.07, 6.45) is 1.82. The fraction of sp³-hybridized carbons (Fsp3) is 0.276. The number of carbonyl (C=O) groups excluding carboxylic acids is 3. The maximum Gasteiger partial charge on any atom is 0.301 e. The Balaban J connectivity index is 1.78. The summed E-state index contributed by atoms with van der Waals surface area (Å²) in [4.78, 5) is 50.1. The number of benzene rings is 1. The van der Waals surface area contributed by atoms with Crippen LogP contribution in [0.1, 0.15) is 57.8 Å².